The van der Waals surface area contributed by atoms with Gasteiger partial charge in [-0.05, 0) is 32.9 Å². The Morgan fingerprint density at radius 1 is 1.40 bits per heavy atom. The van der Waals surface area contributed by atoms with Crippen LogP contribution in [-0.2, 0) is 0 Å². The van der Waals surface area contributed by atoms with Crippen molar-refractivity contribution in [3.63, 3.8) is 0 Å². The van der Waals surface area contributed by atoms with Crippen molar-refractivity contribution in [3.8, 4) is 0 Å². The Labute approximate surface area is 124 Å². The molecule has 0 radical (unpaired) electrons. The van der Waals surface area contributed by atoms with Crippen LogP contribution in [0, 0.1) is 12.7 Å². The topological polar surface area (TPSA) is 54.9 Å². The summed E-state index contributed by atoms with van der Waals surface area (Å²) in [4.78, 5) is 20.7. The lowest BCUT2D eigenvalue weighted by Crippen LogP contribution is -2.14. The molecule has 0 unspecified atom stereocenters. The summed E-state index contributed by atoms with van der Waals surface area (Å²) in [6, 6.07) is 2.96. The molecule has 6 heteroatoms. The first-order valence-corrected chi connectivity index (χ1v) is 7.38. The third kappa shape index (κ3) is 2.80. The lowest BCUT2D eigenvalue weighted by Gasteiger charge is -2.13. The van der Waals surface area contributed by atoms with E-state index >= 15 is 0 Å². The zero-order chi connectivity index (χ0) is 14.9. The van der Waals surface area contributed by atoms with Crippen LogP contribution in [0.4, 0.5) is 10.2 Å². The molecule has 0 saturated carbocycles. The van der Waals surface area contributed by atoms with Crippen molar-refractivity contribution in [1.29, 1.82) is 0 Å². The van der Waals surface area contributed by atoms with Gasteiger partial charge in [0, 0.05) is 6.04 Å². The minimum absolute atomic E-state index is 0.0151. The summed E-state index contributed by atoms with van der Waals surface area (Å²) in [7, 11) is 0. The van der Waals surface area contributed by atoms with E-state index in [9.17, 15) is 9.18 Å². The standard InChI is InChI=1S/C14H15BrFN3O/c1-7(2)17-14-8(3)18-10-5-4-9(16)12(11(20)6-15)13(10)19-14/h4-5,7H,6H2,1-3H3,(H,17,19). The summed E-state index contributed by atoms with van der Waals surface area (Å²) < 4.78 is 13.9. The molecule has 0 bridgehead atoms. The van der Waals surface area contributed by atoms with E-state index in [4.69, 9.17) is 0 Å². The monoisotopic (exact) mass is 339 g/mol. The van der Waals surface area contributed by atoms with Gasteiger partial charge in [0.15, 0.2) is 5.78 Å². The van der Waals surface area contributed by atoms with E-state index in [1.165, 1.54) is 12.1 Å². The van der Waals surface area contributed by atoms with Crippen LogP contribution in [-0.4, -0.2) is 27.1 Å². The Morgan fingerprint density at radius 2 is 2.10 bits per heavy atom. The average molecular weight is 340 g/mol. The van der Waals surface area contributed by atoms with Crippen molar-refractivity contribution in [3.05, 3.63) is 29.2 Å². The second-order valence-corrected chi connectivity index (χ2v) is 5.36. The third-order valence-corrected chi connectivity index (χ3v) is 3.30. The summed E-state index contributed by atoms with van der Waals surface area (Å²) in [6.07, 6.45) is 0. The number of hydrogen-bond acceptors (Lipinski definition) is 4. The molecule has 0 aliphatic carbocycles. The van der Waals surface area contributed by atoms with Crippen molar-refractivity contribution >= 4 is 38.6 Å². The zero-order valence-corrected chi connectivity index (χ0v) is 13.1. The number of nitrogens with one attached hydrogen (secondary N) is 1. The number of carbonyl (C=O) groups excluding carboxylic acids is 1. The fraction of sp³-hybridized carbons (Fsp3) is 0.357. The number of hydrogen-bond donors (Lipinski definition) is 1. The number of ketones is 1. The number of Topliss-reactive ketones (excluding diaryl/α,β-unsaturated/α-hetero) is 1. The van der Waals surface area contributed by atoms with Crippen molar-refractivity contribution in [2.75, 3.05) is 10.6 Å². The van der Waals surface area contributed by atoms with Gasteiger partial charge in [0.05, 0.1) is 22.1 Å². The van der Waals surface area contributed by atoms with Crippen molar-refractivity contribution < 1.29 is 9.18 Å². The van der Waals surface area contributed by atoms with Crippen LogP contribution in [0.15, 0.2) is 12.1 Å². The molecule has 1 N–H and O–H groups in total. The third-order valence-electron chi connectivity index (χ3n) is 2.79. The number of alkyl halides is 1. The van der Waals surface area contributed by atoms with E-state index in [-0.39, 0.29) is 22.7 Å². The Kier molecular flexibility index (Phi) is 4.32. The maximum Gasteiger partial charge on any atom is 0.178 e. The smallest absolute Gasteiger partial charge is 0.178 e. The van der Waals surface area contributed by atoms with Crippen LogP contribution in [0.1, 0.15) is 29.9 Å². The Morgan fingerprint density at radius 3 is 2.70 bits per heavy atom. The highest BCUT2D eigenvalue weighted by atomic mass is 79.9. The Hall–Kier alpha value is -1.56. The SMILES string of the molecule is Cc1nc2ccc(F)c(C(=O)CBr)c2nc1NC(C)C. The zero-order valence-electron chi connectivity index (χ0n) is 11.5. The highest BCUT2D eigenvalue weighted by molar-refractivity contribution is 9.09. The molecule has 106 valence electrons. The van der Waals surface area contributed by atoms with Crippen molar-refractivity contribution in [1.82, 2.24) is 9.97 Å². The molecule has 1 aromatic carbocycles. The molecule has 1 heterocycles. The molecule has 0 saturated heterocycles. The highest BCUT2D eigenvalue weighted by Gasteiger charge is 2.18. The molecule has 0 spiro atoms. The van der Waals surface area contributed by atoms with Crippen LogP contribution >= 0.6 is 15.9 Å². The van der Waals surface area contributed by atoms with E-state index < -0.39 is 5.82 Å². The number of carbonyl (C=O) groups is 1. The number of nitrogens with zero attached hydrogens (tertiary/aromatic N) is 2. The molecular weight excluding hydrogens is 325 g/mol. The molecule has 0 aliphatic heterocycles. The van der Waals surface area contributed by atoms with Gasteiger partial charge in [0.25, 0.3) is 0 Å². The Bertz CT molecular complexity index is 673. The molecule has 4 nitrogen and oxygen atoms in total. The normalized spacial score (nSPS) is 11.1. The molecule has 0 fully saturated rings. The average Bonchev–Trinajstić information content (AvgIpc) is 2.39. The van der Waals surface area contributed by atoms with Gasteiger partial charge in [-0.3, -0.25) is 4.79 Å². The molecule has 2 aromatic rings. The second kappa shape index (κ2) is 5.83. The largest absolute Gasteiger partial charge is 0.366 e. The fourth-order valence-corrected chi connectivity index (χ4v) is 2.21. The molecule has 0 aliphatic rings. The minimum Gasteiger partial charge on any atom is -0.366 e. The number of fused-ring (bicyclic) bond motifs is 1. The van der Waals surface area contributed by atoms with Crippen LogP contribution in [0.2, 0.25) is 0 Å². The van der Waals surface area contributed by atoms with Gasteiger partial charge in [-0.15, -0.1) is 0 Å². The van der Waals surface area contributed by atoms with Crippen LogP contribution in [0.3, 0.4) is 0 Å². The summed E-state index contributed by atoms with van der Waals surface area (Å²) in [5.41, 5.74) is 1.51. The number of benzene rings is 1. The number of aromatic nitrogens is 2. The maximum absolute atomic E-state index is 13.9. The molecule has 2 rings (SSSR count). The number of halogens is 2. The van der Waals surface area contributed by atoms with Gasteiger partial charge in [-0.25, -0.2) is 14.4 Å². The summed E-state index contributed by atoms with van der Waals surface area (Å²) >= 11 is 3.06. The lowest BCUT2D eigenvalue weighted by atomic mass is 10.1. The van der Waals surface area contributed by atoms with Gasteiger partial charge in [-0.2, -0.15) is 0 Å². The highest BCUT2D eigenvalue weighted by Crippen LogP contribution is 2.23. The van der Waals surface area contributed by atoms with E-state index in [1.807, 2.05) is 20.8 Å². The van der Waals surface area contributed by atoms with Crippen LogP contribution < -0.4 is 5.32 Å². The first kappa shape index (κ1) is 14.8. The van der Waals surface area contributed by atoms with Gasteiger partial charge in [-0.1, -0.05) is 15.9 Å². The molecule has 0 amide bonds. The van der Waals surface area contributed by atoms with Gasteiger partial charge in [0.1, 0.15) is 17.2 Å². The molecular formula is C14H15BrFN3O. The van der Waals surface area contributed by atoms with Gasteiger partial charge >= 0.3 is 0 Å². The maximum atomic E-state index is 13.9. The predicted octanol–water partition coefficient (Wildman–Crippen LogP) is 3.48. The molecule has 1 aromatic heterocycles. The first-order chi connectivity index (χ1) is 9.43. The van der Waals surface area contributed by atoms with Crippen molar-refractivity contribution in [2.45, 2.75) is 26.8 Å². The van der Waals surface area contributed by atoms with Gasteiger partial charge in [0.2, 0.25) is 0 Å². The van der Waals surface area contributed by atoms with E-state index in [0.29, 0.717) is 16.9 Å². The summed E-state index contributed by atoms with van der Waals surface area (Å²) in [5.74, 6) is -0.348. The number of aryl methyl sites for hydroxylation is 1. The fourth-order valence-electron chi connectivity index (χ4n) is 1.93. The second-order valence-electron chi connectivity index (χ2n) is 4.80. The van der Waals surface area contributed by atoms with Crippen molar-refractivity contribution in [2.24, 2.45) is 0 Å². The predicted molar refractivity (Wildman–Crippen MR) is 81.1 cm³/mol. The van der Waals surface area contributed by atoms with E-state index in [2.05, 4.69) is 31.2 Å². The molecule has 20 heavy (non-hydrogen) atoms. The number of anilines is 1. The quantitative estimate of drug-likeness (QED) is 0.684. The number of rotatable bonds is 4. The van der Waals surface area contributed by atoms with Crippen LogP contribution in [0.25, 0.3) is 11.0 Å². The minimum atomic E-state index is -0.574. The van der Waals surface area contributed by atoms with E-state index in [0.717, 1.165) is 5.69 Å². The molecule has 0 atom stereocenters. The summed E-state index contributed by atoms with van der Waals surface area (Å²) in [5, 5.41) is 3.20. The first-order valence-electron chi connectivity index (χ1n) is 6.26. The van der Waals surface area contributed by atoms with Gasteiger partial charge < -0.3 is 5.32 Å². The van der Waals surface area contributed by atoms with E-state index in [1.54, 1.807) is 0 Å². The van der Waals surface area contributed by atoms with Crippen LogP contribution in [0.5, 0.6) is 0 Å². The lowest BCUT2D eigenvalue weighted by molar-refractivity contribution is 0.102. The Balaban J connectivity index is 2.71. The summed E-state index contributed by atoms with van der Waals surface area (Å²) in [6.45, 7) is 5.77.